The molecule has 1 aliphatic heterocycles. The molecule has 5 rings (SSSR count). The van der Waals surface area contributed by atoms with Gasteiger partial charge in [0.05, 0.1) is 11.4 Å². The first-order valence-corrected chi connectivity index (χ1v) is 8.07. The highest BCUT2D eigenvalue weighted by molar-refractivity contribution is 6.07. The molecule has 0 saturated heterocycles. The van der Waals surface area contributed by atoms with Gasteiger partial charge in [-0.2, -0.15) is 5.10 Å². The van der Waals surface area contributed by atoms with Gasteiger partial charge in [-0.05, 0) is 35.9 Å². The summed E-state index contributed by atoms with van der Waals surface area (Å²) < 4.78 is 10.6. The lowest BCUT2D eigenvalue weighted by molar-refractivity contribution is 0.104. The second kappa shape index (κ2) is 5.34. The highest BCUT2D eigenvalue weighted by Gasteiger charge is 2.23. The Balaban J connectivity index is 1.41. The van der Waals surface area contributed by atoms with Gasteiger partial charge in [-0.15, -0.1) is 0 Å². The van der Waals surface area contributed by atoms with Gasteiger partial charge in [-0.3, -0.25) is 9.89 Å². The molecule has 5 heteroatoms. The van der Waals surface area contributed by atoms with E-state index in [2.05, 4.69) is 22.3 Å². The van der Waals surface area contributed by atoms with Gasteiger partial charge in [0.25, 0.3) is 0 Å². The van der Waals surface area contributed by atoms with E-state index < -0.39 is 0 Å². The third kappa shape index (κ3) is 2.24. The summed E-state index contributed by atoms with van der Waals surface area (Å²) in [7, 11) is 0. The van der Waals surface area contributed by atoms with Gasteiger partial charge >= 0.3 is 0 Å². The molecule has 2 aromatic carbocycles. The van der Waals surface area contributed by atoms with Gasteiger partial charge < -0.3 is 9.47 Å². The highest BCUT2D eigenvalue weighted by Crippen LogP contribution is 2.37. The second-order valence-electron chi connectivity index (χ2n) is 6.06. The molecule has 0 spiro atoms. The second-order valence-corrected chi connectivity index (χ2v) is 6.06. The van der Waals surface area contributed by atoms with Crippen molar-refractivity contribution in [3.8, 4) is 22.8 Å². The van der Waals surface area contributed by atoms with Gasteiger partial charge in [0.2, 0.25) is 6.79 Å². The molecule has 3 aromatic rings. The topological polar surface area (TPSA) is 64.2 Å². The average Bonchev–Trinajstić information content (AvgIpc) is 3.34. The minimum atomic E-state index is -0.0860. The van der Waals surface area contributed by atoms with Gasteiger partial charge in [0.1, 0.15) is 0 Å². The first-order valence-electron chi connectivity index (χ1n) is 8.07. The van der Waals surface area contributed by atoms with Crippen LogP contribution in [0.25, 0.3) is 17.3 Å². The number of carbonyl (C=O) groups is 1. The molecule has 122 valence electrons. The first kappa shape index (κ1) is 14.0. The Labute approximate surface area is 143 Å². The molecule has 0 saturated carbocycles. The monoisotopic (exact) mass is 330 g/mol. The van der Waals surface area contributed by atoms with Crippen LogP contribution in [0.2, 0.25) is 0 Å². The summed E-state index contributed by atoms with van der Waals surface area (Å²) in [5, 5.41) is 7.44. The zero-order valence-corrected chi connectivity index (χ0v) is 13.3. The number of hydrogen-bond acceptors (Lipinski definition) is 4. The molecular formula is C20H14N2O3. The third-order valence-corrected chi connectivity index (χ3v) is 4.60. The number of fused-ring (bicyclic) bond motifs is 4. The van der Waals surface area contributed by atoms with Crippen LogP contribution >= 0.6 is 0 Å². The van der Waals surface area contributed by atoms with Gasteiger partial charge in [0, 0.05) is 23.1 Å². The van der Waals surface area contributed by atoms with Crippen LogP contribution in [0, 0.1) is 0 Å². The van der Waals surface area contributed by atoms with E-state index in [0.29, 0.717) is 17.1 Å². The fraction of sp³-hybridized carbons (Fsp3) is 0.100. The lowest BCUT2D eigenvalue weighted by Gasteiger charge is -1.99. The Morgan fingerprint density at radius 2 is 2.00 bits per heavy atom. The number of aromatic nitrogens is 2. The molecule has 0 amide bonds. The predicted octanol–water partition coefficient (Wildman–Crippen LogP) is 3.61. The Hall–Kier alpha value is -3.34. The summed E-state index contributed by atoms with van der Waals surface area (Å²) in [6, 6.07) is 13.5. The minimum absolute atomic E-state index is 0.0860. The molecule has 1 aliphatic carbocycles. The van der Waals surface area contributed by atoms with Crippen LogP contribution in [0.15, 0.2) is 48.5 Å². The van der Waals surface area contributed by atoms with Crippen LogP contribution in [0.1, 0.15) is 27.2 Å². The lowest BCUT2D eigenvalue weighted by Crippen LogP contribution is -1.95. The van der Waals surface area contributed by atoms with E-state index in [0.717, 1.165) is 28.9 Å². The van der Waals surface area contributed by atoms with Gasteiger partial charge in [-0.25, -0.2) is 0 Å². The van der Waals surface area contributed by atoms with Crippen molar-refractivity contribution < 1.29 is 14.3 Å². The molecule has 5 nitrogen and oxygen atoms in total. The molecule has 1 aromatic heterocycles. The first-order chi connectivity index (χ1) is 12.3. The number of benzene rings is 2. The largest absolute Gasteiger partial charge is 0.454 e. The maximum Gasteiger partial charge on any atom is 0.231 e. The number of rotatable bonds is 3. The van der Waals surface area contributed by atoms with Crippen LogP contribution < -0.4 is 9.47 Å². The van der Waals surface area contributed by atoms with Crippen molar-refractivity contribution in [2.45, 2.75) is 6.42 Å². The van der Waals surface area contributed by atoms with Crippen molar-refractivity contribution in [1.29, 1.82) is 0 Å². The summed E-state index contributed by atoms with van der Waals surface area (Å²) in [5.41, 5.74) is 5.99. The van der Waals surface area contributed by atoms with E-state index in [1.807, 2.05) is 12.1 Å². The number of aromatic amines is 1. The predicted molar refractivity (Wildman–Crippen MR) is 92.8 cm³/mol. The van der Waals surface area contributed by atoms with E-state index in [-0.39, 0.29) is 12.6 Å². The highest BCUT2D eigenvalue weighted by atomic mass is 16.7. The number of ether oxygens (including phenoxy) is 2. The SMILES string of the molecule is O=C(/C=C/c1[nH]nc2c1Cc1ccccc1-2)c1ccc2c(c1)OCO2. The summed E-state index contributed by atoms with van der Waals surface area (Å²) in [6.45, 7) is 0.198. The molecule has 1 N–H and O–H groups in total. The normalized spacial score (nSPS) is 13.9. The quantitative estimate of drug-likeness (QED) is 0.460. The van der Waals surface area contributed by atoms with Crippen LogP contribution in [-0.4, -0.2) is 22.8 Å². The Morgan fingerprint density at radius 3 is 2.96 bits per heavy atom. The van der Waals surface area contributed by atoms with E-state index in [9.17, 15) is 4.79 Å². The lowest BCUT2D eigenvalue weighted by atomic mass is 10.1. The van der Waals surface area contributed by atoms with Crippen LogP contribution in [0.4, 0.5) is 0 Å². The number of nitrogens with zero attached hydrogens (tertiary/aromatic N) is 1. The molecule has 2 aliphatic rings. The van der Waals surface area contributed by atoms with Crippen LogP contribution in [0.3, 0.4) is 0 Å². The molecule has 0 radical (unpaired) electrons. The zero-order chi connectivity index (χ0) is 16.8. The number of nitrogens with one attached hydrogen (secondary N) is 1. The summed E-state index contributed by atoms with van der Waals surface area (Å²) >= 11 is 0. The van der Waals surface area contributed by atoms with Crippen LogP contribution in [-0.2, 0) is 6.42 Å². The molecule has 0 atom stereocenters. The smallest absolute Gasteiger partial charge is 0.231 e. The number of H-pyrrole nitrogens is 1. The minimum Gasteiger partial charge on any atom is -0.454 e. The Morgan fingerprint density at radius 1 is 1.12 bits per heavy atom. The maximum absolute atomic E-state index is 12.4. The third-order valence-electron chi connectivity index (χ3n) is 4.60. The van der Waals surface area contributed by atoms with Crippen molar-refractivity contribution in [2.75, 3.05) is 6.79 Å². The zero-order valence-electron chi connectivity index (χ0n) is 13.3. The average molecular weight is 330 g/mol. The molecule has 0 bridgehead atoms. The van der Waals surface area contributed by atoms with Crippen LogP contribution in [0.5, 0.6) is 11.5 Å². The number of allylic oxidation sites excluding steroid dienone is 1. The molecule has 0 unspecified atom stereocenters. The van der Waals surface area contributed by atoms with Crippen molar-refractivity contribution in [1.82, 2.24) is 10.2 Å². The standard InChI is InChI=1S/C20H14N2O3/c23-17(13-5-8-18-19(10-13)25-11-24-18)7-6-16-15-9-12-3-1-2-4-14(12)20(15)22-21-16/h1-8,10H,9,11H2,(H,21,22)/b7-6+. The summed E-state index contributed by atoms with van der Waals surface area (Å²) in [4.78, 5) is 12.4. The summed E-state index contributed by atoms with van der Waals surface area (Å²) in [6.07, 6.45) is 4.19. The van der Waals surface area contributed by atoms with E-state index in [4.69, 9.17) is 9.47 Å². The van der Waals surface area contributed by atoms with E-state index >= 15 is 0 Å². The van der Waals surface area contributed by atoms with Crippen molar-refractivity contribution >= 4 is 11.9 Å². The molecular weight excluding hydrogens is 316 g/mol. The Bertz CT molecular complexity index is 1030. The van der Waals surface area contributed by atoms with E-state index in [1.54, 1.807) is 30.4 Å². The molecule has 25 heavy (non-hydrogen) atoms. The molecule has 2 heterocycles. The molecule has 0 fully saturated rings. The van der Waals surface area contributed by atoms with Crippen molar-refractivity contribution in [2.24, 2.45) is 0 Å². The number of ketones is 1. The van der Waals surface area contributed by atoms with Gasteiger partial charge in [0.15, 0.2) is 17.3 Å². The van der Waals surface area contributed by atoms with Crippen molar-refractivity contribution in [3.05, 3.63) is 70.9 Å². The van der Waals surface area contributed by atoms with E-state index in [1.165, 1.54) is 5.56 Å². The fourth-order valence-electron chi connectivity index (χ4n) is 3.32. The Kier molecular flexibility index (Phi) is 3.00. The maximum atomic E-state index is 12.4. The van der Waals surface area contributed by atoms with Gasteiger partial charge in [-0.1, -0.05) is 24.3 Å². The number of carbonyl (C=O) groups excluding carboxylic acids is 1. The fourth-order valence-corrected chi connectivity index (χ4v) is 3.32. The van der Waals surface area contributed by atoms with Crippen molar-refractivity contribution in [3.63, 3.8) is 0 Å². The number of hydrogen-bond donors (Lipinski definition) is 1. The summed E-state index contributed by atoms with van der Waals surface area (Å²) in [5.74, 6) is 1.19.